The van der Waals surface area contributed by atoms with Gasteiger partial charge in [0.05, 0.1) is 16.0 Å². The Balaban J connectivity index is 1.29. The number of piperidine rings is 1. The molecule has 1 saturated heterocycles. The lowest BCUT2D eigenvalue weighted by Gasteiger charge is -2.35. The predicted molar refractivity (Wildman–Crippen MR) is 129 cm³/mol. The van der Waals surface area contributed by atoms with Crippen LogP contribution in [0.4, 0.5) is 9.18 Å². The highest BCUT2D eigenvalue weighted by Crippen LogP contribution is 2.63. The minimum atomic E-state index is -0.914. The van der Waals surface area contributed by atoms with Crippen LogP contribution in [0, 0.1) is 41.8 Å². The van der Waals surface area contributed by atoms with Gasteiger partial charge in [0.1, 0.15) is 23.5 Å². The minimum Gasteiger partial charge on any atom is -0.444 e. The first-order chi connectivity index (χ1) is 16.6. The fourth-order valence-electron chi connectivity index (χ4n) is 5.75. The quantitative estimate of drug-likeness (QED) is 0.660. The van der Waals surface area contributed by atoms with Gasteiger partial charge in [0.15, 0.2) is 0 Å². The summed E-state index contributed by atoms with van der Waals surface area (Å²) < 4.78 is 20.5. The number of rotatable bonds is 5. The van der Waals surface area contributed by atoms with E-state index in [2.05, 4.69) is 16.4 Å². The Bertz CT molecular complexity index is 1220. The summed E-state index contributed by atoms with van der Waals surface area (Å²) in [6.45, 7) is 7.30. The second kappa shape index (κ2) is 8.59. The van der Waals surface area contributed by atoms with Gasteiger partial charge in [-0.15, -0.1) is 11.3 Å². The zero-order valence-electron chi connectivity index (χ0n) is 20.2. The molecule has 0 radical (unpaired) electrons. The van der Waals surface area contributed by atoms with E-state index < -0.39 is 29.6 Å². The number of ether oxygens (including phenoxy) is 1. The number of halogens is 1. The molecule has 2 bridgehead atoms. The molecule has 35 heavy (non-hydrogen) atoms. The molecule has 184 valence electrons. The van der Waals surface area contributed by atoms with Gasteiger partial charge >= 0.3 is 6.09 Å². The number of carbonyl (C=O) groups excluding carboxylic acids is 2. The summed E-state index contributed by atoms with van der Waals surface area (Å²) >= 11 is 1.48. The average molecular weight is 497 g/mol. The van der Waals surface area contributed by atoms with Crippen LogP contribution in [0.3, 0.4) is 0 Å². The third kappa shape index (κ3) is 4.52. The molecular formula is C26H29FN4O3S. The molecule has 3 aliphatic rings. The molecule has 1 aromatic carbocycles. The summed E-state index contributed by atoms with van der Waals surface area (Å²) in [5.74, 6) is 0.181. The van der Waals surface area contributed by atoms with Gasteiger partial charge < -0.3 is 10.1 Å². The van der Waals surface area contributed by atoms with Crippen molar-refractivity contribution < 1.29 is 18.7 Å². The first kappa shape index (κ1) is 23.7. The lowest BCUT2D eigenvalue weighted by atomic mass is 9.95. The van der Waals surface area contributed by atoms with Crippen molar-refractivity contribution in [1.29, 1.82) is 5.26 Å². The Morgan fingerprint density at radius 2 is 2.09 bits per heavy atom. The van der Waals surface area contributed by atoms with Crippen molar-refractivity contribution in [3.63, 3.8) is 0 Å². The Morgan fingerprint density at radius 1 is 1.31 bits per heavy atom. The molecule has 5 rings (SSSR count). The number of aromatic nitrogens is 1. The monoisotopic (exact) mass is 496 g/mol. The lowest BCUT2D eigenvalue weighted by molar-refractivity contribution is -0.128. The van der Waals surface area contributed by atoms with E-state index in [1.54, 1.807) is 44.0 Å². The van der Waals surface area contributed by atoms with Crippen molar-refractivity contribution in [2.75, 3.05) is 0 Å². The van der Waals surface area contributed by atoms with Gasteiger partial charge in [0.25, 0.3) is 0 Å². The van der Waals surface area contributed by atoms with Crippen LogP contribution in [-0.4, -0.2) is 45.6 Å². The SMILES string of the molecule is Cc1ncc(-c2ccc(CC(C#N)NC(=O)C3C4CC(C5CC54)N3C(=O)OC(C)(C)C)c(F)c2)s1. The zero-order valence-corrected chi connectivity index (χ0v) is 21.1. The third-order valence-corrected chi connectivity index (χ3v) is 8.20. The Hall–Kier alpha value is -2.99. The summed E-state index contributed by atoms with van der Waals surface area (Å²) in [5.41, 5.74) is 0.407. The molecule has 9 heteroatoms. The summed E-state index contributed by atoms with van der Waals surface area (Å²) in [4.78, 5) is 33.0. The normalized spacial score (nSPS) is 27.2. The van der Waals surface area contributed by atoms with Gasteiger partial charge in [-0.2, -0.15) is 5.26 Å². The van der Waals surface area contributed by atoms with E-state index in [9.17, 15) is 19.2 Å². The van der Waals surface area contributed by atoms with Crippen LogP contribution in [0.15, 0.2) is 24.4 Å². The maximum atomic E-state index is 14.9. The van der Waals surface area contributed by atoms with Crippen molar-refractivity contribution >= 4 is 23.3 Å². The number of nitrogens with one attached hydrogen (secondary N) is 1. The van der Waals surface area contributed by atoms with Gasteiger partial charge in [0.2, 0.25) is 5.91 Å². The van der Waals surface area contributed by atoms with Gasteiger partial charge in [-0.3, -0.25) is 9.69 Å². The van der Waals surface area contributed by atoms with Crippen LogP contribution in [0.2, 0.25) is 0 Å². The first-order valence-electron chi connectivity index (χ1n) is 12.0. The van der Waals surface area contributed by atoms with E-state index in [0.717, 1.165) is 28.3 Å². The number of carbonyl (C=O) groups is 2. The molecule has 2 heterocycles. The van der Waals surface area contributed by atoms with Crippen LogP contribution in [0.5, 0.6) is 0 Å². The number of nitrogens with zero attached hydrogens (tertiary/aromatic N) is 3. The van der Waals surface area contributed by atoms with E-state index in [4.69, 9.17) is 4.74 Å². The third-order valence-electron chi connectivity index (χ3n) is 7.24. The van der Waals surface area contributed by atoms with Crippen LogP contribution < -0.4 is 5.32 Å². The number of amides is 2. The van der Waals surface area contributed by atoms with Crippen molar-refractivity contribution in [1.82, 2.24) is 15.2 Å². The molecular weight excluding hydrogens is 467 g/mol. The van der Waals surface area contributed by atoms with Gasteiger partial charge in [0, 0.05) is 18.7 Å². The summed E-state index contributed by atoms with van der Waals surface area (Å²) in [6, 6.07) is 5.41. The van der Waals surface area contributed by atoms with E-state index >= 15 is 0 Å². The van der Waals surface area contributed by atoms with Crippen LogP contribution >= 0.6 is 11.3 Å². The number of nitriles is 1. The van der Waals surface area contributed by atoms with E-state index in [1.165, 1.54) is 17.4 Å². The highest BCUT2D eigenvalue weighted by atomic mass is 32.1. The topological polar surface area (TPSA) is 95.3 Å². The predicted octanol–water partition coefficient (Wildman–Crippen LogP) is 4.45. The van der Waals surface area contributed by atoms with Crippen LogP contribution in [-0.2, 0) is 16.0 Å². The standard InChI is InChI=1S/C26H29FN4O3S/c1-13-29-12-22(35-13)15-6-5-14(20(27)8-15)7-16(11-28)30-24(32)23-19-10-21(18-9-17(18)19)31(23)25(33)34-26(2,3)4/h5-6,8,12,16-19,21,23H,7,9-10H2,1-4H3,(H,30,32). The molecule has 2 amide bonds. The first-order valence-corrected chi connectivity index (χ1v) is 12.8. The fourth-order valence-corrected chi connectivity index (χ4v) is 6.52. The summed E-state index contributed by atoms with van der Waals surface area (Å²) in [7, 11) is 0. The number of aryl methyl sites for hydroxylation is 1. The number of fused-ring (bicyclic) bond motifs is 5. The maximum Gasteiger partial charge on any atom is 0.411 e. The second-order valence-corrected chi connectivity index (χ2v) is 12.0. The number of thiazole rings is 1. The van der Waals surface area contributed by atoms with Crippen molar-refractivity contribution in [3.8, 4) is 16.5 Å². The number of likely N-dealkylation sites (tertiary alicyclic amines) is 1. The molecule has 2 saturated carbocycles. The van der Waals surface area contributed by atoms with Crippen LogP contribution in [0.25, 0.3) is 10.4 Å². The Kier molecular flexibility index (Phi) is 5.83. The molecule has 1 aromatic heterocycles. The lowest BCUT2D eigenvalue weighted by Crippen LogP contribution is -2.56. The summed E-state index contributed by atoms with van der Waals surface area (Å²) in [6.07, 6.45) is 3.08. The van der Waals surface area contributed by atoms with E-state index in [0.29, 0.717) is 17.4 Å². The largest absolute Gasteiger partial charge is 0.444 e. The smallest absolute Gasteiger partial charge is 0.411 e. The van der Waals surface area contributed by atoms with Gasteiger partial charge in [-0.05, 0) is 75.5 Å². The highest BCUT2D eigenvalue weighted by Gasteiger charge is 2.67. The molecule has 1 aliphatic heterocycles. The van der Waals surface area contributed by atoms with E-state index in [-0.39, 0.29) is 24.3 Å². The van der Waals surface area contributed by atoms with Crippen molar-refractivity contribution in [3.05, 3.63) is 40.8 Å². The molecule has 6 atom stereocenters. The second-order valence-electron chi connectivity index (χ2n) is 10.8. The maximum absolute atomic E-state index is 14.9. The highest BCUT2D eigenvalue weighted by molar-refractivity contribution is 7.15. The Labute approximate surface area is 208 Å². The fraction of sp³-hybridized carbons (Fsp3) is 0.538. The Morgan fingerprint density at radius 3 is 2.71 bits per heavy atom. The molecule has 7 nitrogen and oxygen atoms in total. The number of hydrogen-bond acceptors (Lipinski definition) is 6. The average Bonchev–Trinajstić information content (AvgIpc) is 3.14. The van der Waals surface area contributed by atoms with E-state index in [1.807, 2.05) is 6.92 Å². The molecule has 1 N–H and O–H groups in total. The number of hydrogen-bond donors (Lipinski definition) is 1. The molecule has 3 fully saturated rings. The molecule has 2 aliphatic carbocycles. The number of benzene rings is 1. The minimum absolute atomic E-state index is 0.0107. The van der Waals surface area contributed by atoms with Gasteiger partial charge in [-0.1, -0.05) is 12.1 Å². The van der Waals surface area contributed by atoms with Gasteiger partial charge in [-0.25, -0.2) is 14.2 Å². The van der Waals surface area contributed by atoms with Crippen molar-refractivity contribution in [2.24, 2.45) is 17.8 Å². The zero-order chi connectivity index (χ0) is 25.1. The molecule has 2 aromatic rings. The summed E-state index contributed by atoms with van der Waals surface area (Å²) in [5, 5.41) is 13.4. The van der Waals surface area contributed by atoms with Crippen molar-refractivity contribution in [2.45, 2.75) is 70.7 Å². The van der Waals surface area contributed by atoms with Crippen LogP contribution in [0.1, 0.15) is 44.2 Å². The molecule has 0 spiro atoms. The molecule has 6 unspecified atom stereocenters.